The third-order valence-electron chi connectivity index (χ3n) is 5.00. The SMILES string of the molecule is CC(C)(C)OC(=O)NCCC(=O)NC1(c2cc3ccccc3s2)CCCCC1. The van der Waals surface area contributed by atoms with Crippen LogP contribution in [-0.4, -0.2) is 24.1 Å². The number of benzene rings is 1. The van der Waals surface area contributed by atoms with Gasteiger partial charge in [0.15, 0.2) is 0 Å². The molecule has 0 radical (unpaired) electrons. The van der Waals surface area contributed by atoms with E-state index in [9.17, 15) is 9.59 Å². The van der Waals surface area contributed by atoms with Crippen molar-refractivity contribution in [3.8, 4) is 0 Å². The van der Waals surface area contributed by atoms with Crippen molar-refractivity contribution in [1.29, 1.82) is 0 Å². The standard InChI is InChI=1S/C22H30N2O3S/c1-21(2,3)27-20(26)23-14-11-19(25)24-22(12-7-4-8-13-22)18-15-16-9-5-6-10-17(16)28-18/h5-6,9-10,15H,4,7-8,11-14H2,1-3H3,(H,23,26)(H,24,25). The number of thiophene rings is 1. The predicted octanol–water partition coefficient (Wildman–Crippen LogP) is 5.09. The number of hydrogen-bond donors (Lipinski definition) is 2. The Hall–Kier alpha value is -2.08. The van der Waals surface area contributed by atoms with Gasteiger partial charge in [-0.1, -0.05) is 37.5 Å². The summed E-state index contributed by atoms with van der Waals surface area (Å²) in [5.41, 5.74) is -0.829. The first kappa shape index (κ1) is 20.6. The van der Waals surface area contributed by atoms with Gasteiger partial charge >= 0.3 is 6.09 Å². The lowest BCUT2D eigenvalue weighted by Gasteiger charge is -2.37. The fourth-order valence-electron chi connectivity index (χ4n) is 3.73. The maximum Gasteiger partial charge on any atom is 0.407 e. The number of amides is 2. The molecule has 1 aliphatic carbocycles. The molecule has 2 N–H and O–H groups in total. The average Bonchev–Trinajstić information content (AvgIpc) is 3.06. The molecule has 2 aromatic rings. The second-order valence-electron chi connectivity index (χ2n) is 8.52. The summed E-state index contributed by atoms with van der Waals surface area (Å²) < 4.78 is 6.47. The second kappa shape index (κ2) is 8.52. The van der Waals surface area contributed by atoms with Crippen molar-refractivity contribution in [2.45, 2.75) is 70.4 Å². The van der Waals surface area contributed by atoms with Gasteiger partial charge in [-0.3, -0.25) is 4.79 Å². The first-order valence-corrected chi connectivity index (χ1v) is 10.9. The number of fused-ring (bicyclic) bond motifs is 1. The van der Waals surface area contributed by atoms with E-state index in [4.69, 9.17) is 4.74 Å². The van der Waals surface area contributed by atoms with Gasteiger partial charge in [0.2, 0.25) is 5.91 Å². The van der Waals surface area contributed by atoms with E-state index in [-0.39, 0.29) is 24.4 Å². The molecule has 2 amide bonds. The highest BCUT2D eigenvalue weighted by Gasteiger charge is 2.36. The number of carbonyl (C=O) groups is 2. The molecule has 0 saturated heterocycles. The molecule has 0 atom stereocenters. The molecule has 1 aromatic carbocycles. The van der Waals surface area contributed by atoms with Crippen molar-refractivity contribution in [2.24, 2.45) is 0 Å². The van der Waals surface area contributed by atoms with E-state index >= 15 is 0 Å². The Morgan fingerprint density at radius 3 is 2.54 bits per heavy atom. The van der Waals surface area contributed by atoms with Crippen molar-refractivity contribution in [2.75, 3.05) is 6.54 Å². The van der Waals surface area contributed by atoms with E-state index in [0.29, 0.717) is 0 Å². The molecular weight excluding hydrogens is 372 g/mol. The zero-order valence-electron chi connectivity index (χ0n) is 17.0. The molecule has 3 rings (SSSR count). The summed E-state index contributed by atoms with van der Waals surface area (Å²) in [6.45, 7) is 5.72. The number of rotatable bonds is 5. The van der Waals surface area contributed by atoms with E-state index in [1.54, 1.807) is 11.3 Å². The lowest BCUT2D eigenvalue weighted by Crippen LogP contribution is -2.47. The quantitative estimate of drug-likeness (QED) is 0.732. The molecule has 0 bridgehead atoms. The van der Waals surface area contributed by atoms with Gasteiger partial charge in [0, 0.05) is 22.5 Å². The van der Waals surface area contributed by atoms with E-state index in [1.807, 2.05) is 26.8 Å². The topological polar surface area (TPSA) is 67.4 Å². The third-order valence-corrected chi connectivity index (χ3v) is 6.32. The minimum absolute atomic E-state index is 0.0320. The Morgan fingerprint density at radius 2 is 1.86 bits per heavy atom. The maximum absolute atomic E-state index is 12.7. The van der Waals surface area contributed by atoms with E-state index in [0.717, 1.165) is 25.7 Å². The van der Waals surface area contributed by atoms with Crippen LogP contribution in [0, 0.1) is 0 Å². The highest BCUT2D eigenvalue weighted by molar-refractivity contribution is 7.19. The Morgan fingerprint density at radius 1 is 1.14 bits per heavy atom. The fraction of sp³-hybridized carbons (Fsp3) is 0.545. The summed E-state index contributed by atoms with van der Waals surface area (Å²) in [7, 11) is 0. The highest BCUT2D eigenvalue weighted by Crippen LogP contribution is 2.42. The number of carbonyl (C=O) groups excluding carboxylic acids is 2. The molecule has 28 heavy (non-hydrogen) atoms. The van der Waals surface area contributed by atoms with Crippen LogP contribution in [0.4, 0.5) is 4.79 Å². The average molecular weight is 403 g/mol. The normalized spacial score (nSPS) is 16.5. The molecule has 1 fully saturated rings. The molecule has 5 nitrogen and oxygen atoms in total. The summed E-state index contributed by atoms with van der Waals surface area (Å²) in [5.74, 6) is -0.0320. The molecule has 1 aromatic heterocycles. The van der Waals surface area contributed by atoms with Crippen LogP contribution in [0.1, 0.15) is 64.2 Å². The predicted molar refractivity (Wildman–Crippen MR) is 114 cm³/mol. The van der Waals surface area contributed by atoms with Gasteiger partial charge in [-0.05, 0) is 51.1 Å². The molecule has 6 heteroatoms. The van der Waals surface area contributed by atoms with Crippen molar-refractivity contribution >= 4 is 33.4 Å². The van der Waals surface area contributed by atoms with Gasteiger partial charge in [0.05, 0.1) is 5.54 Å². The molecule has 152 valence electrons. The first-order valence-electron chi connectivity index (χ1n) is 10.0. The van der Waals surface area contributed by atoms with Crippen molar-refractivity contribution < 1.29 is 14.3 Å². The lowest BCUT2D eigenvalue weighted by molar-refractivity contribution is -0.123. The molecule has 1 aliphatic rings. The van der Waals surface area contributed by atoms with Crippen LogP contribution < -0.4 is 10.6 Å². The molecule has 0 spiro atoms. The van der Waals surface area contributed by atoms with Crippen LogP contribution in [-0.2, 0) is 15.1 Å². The van der Waals surface area contributed by atoms with Crippen molar-refractivity contribution in [1.82, 2.24) is 10.6 Å². The number of nitrogens with one attached hydrogen (secondary N) is 2. The maximum atomic E-state index is 12.7. The van der Waals surface area contributed by atoms with Gasteiger partial charge < -0.3 is 15.4 Å². The lowest BCUT2D eigenvalue weighted by atomic mass is 9.80. The molecular formula is C22H30N2O3S. The summed E-state index contributed by atoms with van der Waals surface area (Å²) in [6.07, 6.45) is 5.12. The van der Waals surface area contributed by atoms with E-state index in [1.165, 1.54) is 21.4 Å². The molecule has 1 heterocycles. The zero-order valence-corrected chi connectivity index (χ0v) is 17.8. The number of ether oxygens (including phenoxy) is 1. The fourth-order valence-corrected chi connectivity index (χ4v) is 4.99. The molecule has 1 saturated carbocycles. The number of alkyl carbamates (subject to hydrolysis) is 1. The van der Waals surface area contributed by atoms with Crippen LogP contribution in [0.25, 0.3) is 10.1 Å². The highest BCUT2D eigenvalue weighted by atomic mass is 32.1. The summed E-state index contributed by atoms with van der Waals surface area (Å²) >= 11 is 1.78. The van der Waals surface area contributed by atoms with Gasteiger partial charge in [-0.15, -0.1) is 11.3 Å². The largest absolute Gasteiger partial charge is 0.444 e. The van der Waals surface area contributed by atoms with Crippen molar-refractivity contribution in [3.05, 3.63) is 35.2 Å². The Balaban J connectivity index is 1.64. The summed E-state index contributed by atoms with van der Waals surface area (Å²) in [6, 6.07) is 10.6. The Kier molecular flexibility index (Phi) is 6.28. The van der Waals surface area contributed by atoms with Crippen LogP contribution in [0.15, 0.2) is 30.3 Å². The van der Waals surface area contributed by atoms with Gasteiger partial charge in [-0.2, -0.15) is 0 Å². The second-order valence-corrected chi connectivity index (χ2v) is 9.60. The van der Waals surface area contributed by atoms with E-state index in [2.05, 4.69) is 34.9 Å². The molecule has 0 aliphatic heterocycles. The van der Waals surface area contributed by atoms with E-state index < -0.39 is 11.7 Å². The monoisotopic (exact) mass is 402 g/mol. The van der Waals surface area contributed by atoms with Gasteiger partial charge in [0.25, 0.3) is 0 Å². The third kappa shape index (κ3) is 5.25. The zero-order chi connectivity index (χ0) is 20.2. The minimum atomic E-state index is -0.542. The van der Waals surface area contributed by atoms with Crippen LogP contribution in [0.2, 0.25) is 0 Å². The van der Waals surface area contributed by atoms with Crippen molar-refractivity contribution in [3.63, 3.8) is 0 Å². The molecule has 0 unspecified atom stereocenters. The van der Waals surface area contributed by atoms with Crippen LogP contribution in [0.5, 0.6) is 0 Å². The van der Waals surface area contributed by atoms with Gasteiger partial charge in [-0.25, -0.2) is 4.79 Å². The van der Waals surface area contributed by atoms with Crippen LogP contribution in [0.3, 0.4) is 0 Å². The minimum Gasteiger partial charge on any atom is -0.444 e. The van der Waals surface area contributed by atoms with Crippen LogP contribution >= 0.6 is 11.3 Å². The summed E-state index contributed by atoms with van der Waals surface area (Å²) in [4.78, 5) is 25.7. The smallest absolute Gasteiger partial charge is 0.407 e. The summed E-state index contributed by atoms with van der Waals surface area (Å²) in [5, 5.41) is 7.20. The van der Waals surface area contributed by atoms with Gasteiger partial charge in [0.1, 0.15) is 5.60 Å². The number of hydrogen-bond acceptors (Lipinski definition) is 4. The first-order chi connectivity index (χ1) is 13.3. The Labute approximate surface area is 170 Å². The Bertz CT molecular complexity index is 799.